The van der Waals surface area contributed by atoms with E-state index in [-0.39, 0.29) is 30.1 Å². The Balaban J connectivity index is 1.64. The number of nitrogens with zero attached hydrogens (tertiary/aromatic N) is 2. The Morgan fingerprint density at radius 3 is 2.54 bits per heavy atom. The highest BCUT2D eigenvalue weighted by molar-refractivity contribution is 5.87. The summed E-state index contributed by atoms with van der Waals surface area (Å²) in [7, 11) is 0. The molecule has 3 rings (SSSR count). The third kappa shape index (κ3) is 3.79. The third-order valence-electron chi connectivity index (χ3n) is 5.37. The highest BCUT2D eigenvalue weighted by Gasteiger charge is 2.31. The van der Waals surface area contributed by atoms with Crippen LogP contribution in [0.3, 0.4) is 0 Å². The van der Waals surface area contributed by atoms with Crippen molar-refractivity contribution in [2.75, 3.05) is 19.6 Å². The summed E-state index contributed by atoms with van der Waals surface area (Å²) in [5.74, 6) is -0.261. The van der Waals surface area contributed by atoms with Crippen molar-refractivity contribution in [2.24, 2.45) is 11.7 Å². The van der Waals surface area contributed by atoms with Crippen LogP contribution in [0.5, 0.6) is 0 Å². The van der Waals surface area contributed by atoms with Gasteiger partial charge >= 0.3 is 0 Å². The molecular weight excluding hydrogens is 330 g/mol. The zero-order chi connectivity index (χ0) is 18.7. The number of amides is 3. The van der Waals surface area contributed by atoms with Gasteiger partial charge in [-0.1, -0.05) is 24.8 Å². The Labute approximate surface area is 153 Å². The van der Waals surface area contributed by atoms with E-state index in [4.69, 9.17) is 5.73 Å². The molecule has 0 unspecified atom stereocenters. The molecule has 2 aliphatic heterocycles. The van der Waals surface area contributed by atoms with Crippen LogP contribution in [0, 0.1) is 5.92 Å². The second-order valence-electron chi connectivity index (χ2n) is 7.01. The first kappa shape index (κ1) is 18.2. The van der Waals surface area contributed by atoms with Crippen LogP contribution in [0.2, 0.25) is 0 Å². The lowest BCUT2D eigenvalue weighted by atomic mass is 9.90. The summed E-state index contributed by atoms with van der Waals surface area (Å²) in [6.45, 7) is 5.96. The number of likely N-dealkylation sites (tertiary alicyclic amines) is 1. The van der Waals surface area contributed by atoms with Gasteiger partial charge in [0, 0.05) is 32.1 Å². The van der Waals surface area contributed by atoms with Gasteiger partial charge in [-0.2, -0.15) is 0 Å². The average molecular weight is 355 g/mol. The van der Waals surface area contributed by atoms with Crippen molar-refractivity contribution in [3.05, 3.63) is 47.5 Å². The summed E-state index contributed by atoms with van der Waals surface area (Å²) in [4.78, 5) is 39.5. The van der Waals surface area contributed by atoms with Gasteiger partial charge in [-0.25, -0.2) is 0 Å². The molecule has 0 bridgehead atoms. The van der Waals surface area contributed by atoms with Gasteiger partial charge in [0.05, 0.1) is 6.42 Å². The maximum atomic E-state index is 12.9. The van der Waals surface area contributed by atoms with Crippen molar-refractivity contribution >= 4 is 17.7 Å². The fourth-order valence-corrected chi connectivity index (χ4v) is 3.96. The van der Waals surface area contributed by atoms with Crippen molar-refractivity contribution in [3.63, 3.8) is 0 Å². The van der Waals surface area contributed by atoms with Gasteiger partial charge in [0.1, 0.15) is 0 Å². The molecule has 26 heavy (non-hydrogen) atoms. The van der Waals surface area contributed by atoms with Crippen molar-refractivity contribution in [1.29, 1.82) is 0 Å². The first-order valence-electron chi connectivity index (χ1n) is 9.07. The molecule has 0 atom stereocenters. The number of hydrogen-bond donors (Lipinski definition) is 1. The molecular formula is C20H25N3O3. The quantitative estimate of drug-likeness (QED) is 0.819. The standard InChI is InChI=1S/C20H25N3O3/c1-2-19(25)22-9-6-14(7-10-22)20(26)23-11-8-17-15(12-18(21)24)4-3-5-16(17)13-23/h2-5,14H,1,6-13H2,(H2,21,24). The van der Waals surface area contributed by atoms with E-state index >= 15 is 0 Å². The van der Waals surface area contributed by atoms with Crippen LogP contribution in [0.1, 0.15) is 29.5 Å². The number of piperidine rings is 1. The normalized spacial score (nSPS) is 17.5. The minimum atomic E-state index is -0.335. The van der Waals surface area contributed by atoms with Crippen molar-refractivity contribution in [2.45, 2.75) is 32.2 Å². The Morgan fingerprint density at radius 1 is 1.15 bits per heavy atom. The number of primary amides is 1. The fourth-order valence-electron chi connectivity index (χ4n) is 3.96. The summed E-state index contributed by atoms with van der Waals surface area (Å²) >= 11 is 0. The largest absolute Gasteiger partial charge is 0.369 e. The Morgan fingerprint density at radius 2 is 1.88 bits per heavy atom. The molecule has 2 heterocycles. The van der Waals surface area contributed by atoms with E-state index < -0.39 is 0 Å². The second-order valence-corrected chi connectivity index (χ2v) is 7.01. The maximum Gasteiger partial charge on any atom is 0.245 e. The van der Waals surface area contributed by atoms with Gasteiger partial charge in [0.2, 0.25) is 17.7 Å². The van der Waals surface area contributed by atoms with E-state index in [1.165, 1.54) is 6.08 Å². The van der Waals surface area contributed by atoms with Gasteiger partial charge in [-0.3, -0.25) is 14.4 Å². The van der Waals surface area contributed by atoms with E-state index in [1.54, 1.807) is 4.90 Å². The van der Waals surface area contributed by atoms with Crippen LogP contribution >= 0.6 is 0 Å². The van der Waals surface area contributed by atoms with Crippen molar-refractivity contribution in [3.8, 4) is 0 Å². The number of carbonyl (C=O) groups excluding carboxylic acids is 3. The average Bonchev–Trinajstić information content (AvgIpc) is 2.66. The van der Waals surface area contributed by atoms with E-state index in [2.05, 4.69) is 6.58 Å². The SMILES string of the molecule is C=CC(=O)N1CCC(C(=O)N2CCc3c(CC(N)=O)cccc3C2)CC1. The molecule has 0 aliphatic carbocycles. The zero-order valence-electron chi connectivity index (χ0n) is 14.9. The molecule has 1 saturated heterocycles. The maximum absolute atomic E-state index is 12.9. The fraction of sp³-hybridized carbons (Fsp3) is 0.450. The second kappa shape index (κ2) is 7.72. The predicted octanol–water partition coefficient (Wildman–Crippen LogP) is 1.02. The van der Waals surface area contributed by atoms with Gasteiger partial charge in [0.25, 0.3) is 0 Å². The minimum Gasteiger partial charge on any atom is -0.369 e. The molecule has 138 valence electrons. The Bertz CT molecular complexity index is 736. The van der Waals surface area contributed by atoms with E-state index in [9.17, 15) is 14.4 Å². The summed E-state index contributed by atoms with van der Waals surface area (Å²) in [6.07, 6.45) is 3.71. The van der Waals surface area contributed by atoms with E-state index in [0.29, 0.717) is 39.0 Å². The first-order chi connectivity index (χ1) is 12.5. The number of nitrogens with two attached hydrogens (primary N) is 1. The smallest absolute Gasteiger partial charge is 0.245 e. The van der Waals surface area contributed by atoms with Crippen LogP contribution in [-0.4, -0.2) is 47.2 Å². The molecule has 1 aromatic carbocycles. The molecule has 2 N–H and O–H groups in total. The van der Waals surface area contributed by atoms with E-state index in [1.807, 2.05) is 23.1 Å². The number of carbonyl (C=O) groups is 3. The molecule has 0 spiro atoms. The van der Waals surface area contributed by atoms with Crippen LogP contribution < -0.4 is 5.73 Å². The summed E-state index contributed by atoms with van der Waals surface area (Å²) in [5.41, 5.74) is 8.56. The number of fused-ring (bicyclic) bond motifs is 1. The third-order valence-corrected chi connectivity index (χ3v) is 5.37. The summed E-state index contributed by atoms with van der Waals surface area (Å²) in [6, 6.07) is 5.88. The van der Waals surface area contributed by atoms with Gasteiger partial charge in [-0.15, -0.1) is 0 Å². The summed E-state index contributed by atoms with van der Waals surface area (Å²) in [5, 5.41) is 0. The lowest BCUT2D eigenvalue weighted by Gasteiger charge is -2.36. The first-order valence-corrected chi connectivity index (χ1v) is 9.07. The Kier molecular flexibility index (Phi) is 5.40. The zero-order valence-corrected chi connectivity index (χ0v) is 14.9. The molecule has 0 saturated carbocycles. The molecule has 1 fully saturated rings. The molecule has 0 radical (unpaired) electrons. The lowest BCUT2D eigenvalue weighted by molar-refractivity contribution is -0.140. The highest BCUT2D eigenvalue weighted by atomic mass is 16.2. The van der Waals surface area contributed by atoms with Gasteiger partial charge in [0.15, 0.2) is 0 Å². The molecule has 0 aromatic heterocycles. The molecule has 3 amide bonds. The van der Waals surface area contributed by atoms with Crippen LogP contribution in [0.15, 0.2) is 30.9 Å². The molecule has 6 nitrogen and oxygen atoms in total. The van der Waals surface area contributed by atoms with Crippen molar-refractivity contribution < 1.29 is 14.4 Å². The topological polar surface area (TPSA) is 83.7 Å². The monoisotopic (exact) mass is 355 g/mol. The lowest BCUT2D eigenvalue weighted by Crippen LogP contribution is -2.45. The van der Waals surface area contributed by atoms with E-state index in [0.717, 1.165) is 23.1 Å². The van der Waals surface area contributed by atoms with Crippen LogP contribution in [0.4, 0.5) is 0 Å². The minimum absolute atomic E-state index is 0.0285. The van der Waals surface area contributed by atoms with Crippen LogP contribution in [-0.2, 0) is 33.8 Å². The molecule has 2 aliphatic rings. The highest BCUT2D eigenvalue weighted by Crippen LogP contribution is 2.26. The van der Waals surface area contributed by atoms with Gasteiger partial charge < -0.3 is 15.5 Å². The van der Waals surface area contributed by atoms with Gasteiger partial charge in [-0.05, 0) is 42.0 Å². The van der Waals surface area contributed by atoms with Crippen molar-refractivity contribution in [1.82, 2.24) is 9.80 Å². The van der Waals surface area contributed by atoms with Crippen LogP contribution in [0.25, 0.3) is 0 Å². The number of hydrogen-bond acceptors (Lipinski definition) is 3. The number of benzene rings is 1. The molecule has 6 heteroatoms. The molecule has 1 aromatic rings. The Hall–Kier alpha value is -2.63. The predicted molar refractivity (Wildman–Crippen MR) is 98.0 cm³/mol. The number of rotatable bonds is 4. The summed E-state index contributed by atoms with van der Waals surface area (Å²) < 4.78 is 0.